The second-order valence-electron chi connectivity index (χ2n) is 5.21. The van der Waals surface area contributed by atoms with E-state index in [4.69, 9.17) is 0 Å². The Hall–Kier alpha value is -1.99. The number of carbonyl (C=O) groups is 1. The minimum Gasteiger partial charge on any atom is -0.466 e. The normalized spacial score (nSPS) is 18.0. The summed E-state index contributed by atoms with van der Waals surface area (Å²) in [6.45, 7) is 3.29. The molecule has 2 rings (SSSR count). The Morgan fingerprint density at radius 3 is 2.59 bits per heavy atom. The highest BCUT2D eigenvalue weighted by Crippen LogP contribution is 2.48. The highest BCUT2D eigenvalue weighted by atomic mass is 19.4. The molecule has 0 amide bonds. The summed E-state index contributed by atoms with van der Waals surface area (Å²) in [7, 11) is 2.65. The van der Waals surface area contributed by atoms with Crippen LogP contribution >= 0.6 is 0 Å². The second-order valence-corrected chi connectivity index (χ2v) is 5.21. The van der Waals surface area contributed by atoms with E-state index in [-0.39, 0.29) is 17.1 Å². The van der Waals surface area contributed by atoms with Crippen molar-refractivity contribution >= 4 is 11.8 Å². The summed E-state index contributed by atoms with van der Waals surface area (Å²) >= 11 is 0. The van der Waals surface area contributed by atoms with E-state index in [0.29, 0.717) is 18.5 Å². The molecule has 0 saturated heterocycles. The monoisotopic (exact) mass is 317 g/mol. The number of aromatic nitrogens is 2. The van der Waals surface area contributed by atoms with Crippen molar-refractivity contribution in [3.8, 4) is 0 Å². The third-order valence-electron chi connectivity index (χ3n) is 3.67. The maximum absolute atomic E-state index is 13.7. The van der Waals surface area contributed by atoms with Crippen LogP contribution in [0.2, 0.25) is 0 Å². The second kappa shape index (κ2) is 5.66. The quantitative estimate of drug-likeness (QED) is 0.871. The molecule has 0 spiro atoms. The van der Waals surface area contributed by atoms with Crippen molar-refractivity contribution in [1.29, 1.82) is 0 Å². The van der Waals surface area contributed by atoms with Gasteiger partial charge >= 0.3 is 12.1 Å². The van der Waals surface area contributed by atoms with Crippen LogP contribution in [-0.2, 0) is 23.0 Å². The third kappa shape index (κ3) is 2.57. The summed E-state index contributed by atoms with van der Waals surface area (Å²) in [5, 5.41) is 7.03. The molecule has 0 bridgehead atoms. The zero-order valence-electron chi connectivity index (χ0n) is 12.8. The maximum Gasteiger partial charge on any atom is 0.400 e. The summed E-state index contributed by atoms with van der Waals surface area (Å²) < 4.78 is 46.9. The molecule has 22 heavy (non-hydrogen) atoms. The van der Waals surface area contributed by atoms with Crippen LogP contribution in [0.3, 0.4) is 0 Å². The maximum atomic E-state index is 13.7. The van der Waals surface area contributed by atoms with Gasteiger partial charge in [0.15, 0.2) is 0 Å². The first-order valence-corrected chi connectivity index (χ1v) is 6.90. The third-order valence-corrected chi connectivity index (χ3v) is 3.67. The number of halogens is 3. The predicted molar refractivity (Wildman–Crippen MR) is 74.3 cm³/mol. The van der Waals surface area contributed by atoms with Gasteiger partial charge in [-0.05, 0) is 13.3 Å². The minimum atomic E-state index is -4.60. The van der Waals surface area contributed by atoms with Gasteiger partial charge in [0.2, 0.25) is 0 Å². The van der Waals surface area contributed by atoms with Crippen molar-refractivity contribution in [3.05, 3.63) is 22.5 Å². The van der Waals surface area contributed by atoms with Crippen molar-refractivity contribution in [2.45, 2.75) is 38.8 Å². The average Bonchev–Trinajstić information content (AvgIpc) is 2.72. The zero-order chi connectivity index (χ0) is 16.7. The molecular formula is C14H18F3N3O2. The van der Waals surface area contributed by atoms with Crippen LogP contribution in [0.15, 0.2) is 11.3 Å². The smallest absolute Gasteiger partial charge is 0.400 e. The Morgan fingerprint density at radius 1 is 1.45 bits per heavy atom. The van der Waals surface area contributed by atoms with Gasteiger partial charge in [-0.2, -0.15) is 18.3 Å². The Morgan fingerprint density at radius 2 is 2.09 bits per heavy atom. The van der Waals surface area contributed by atoms with Crippen molar-refractivity contribution in [1.82, 2.24) is 9.78 Å². The number of anilines is 1. The number of allylic oxidation sites excluding steroid dienone is 1. The van der Waals surface area contributed by atoms with Gasteiger partial charge in [-0.25, -0.2) is 4.79 Å². The van der Waals surface area contributed by atoms with E-state index in [1.807, 2.05) is 6.92 Å². The van der Waals surface area contributed by atoms with Crippen molar-refractivity contribution in [3.63, 3.8) is 0 Å². The van der Waals surface area contributed by atoms with Crippen LogP contribution in [0.25, 0.3) is 0 Å². The van der Waals surface area contributed by atoms with E-state index < -0.39 is 23.6 Å². The molecule has 8 heteroatoms. The zero-order valence-corrected chi connectivity index (χ0v) is 12.8. The van der Waals surface area contributed by atoms with Crippen LogP contribution in [0.5, 0.6) is 0 Å². The van der Waals surface area contributed by atoms with E-state index >= 15 is 0 Å². The molecule has 1 unspecified atom stereocenters. The number of aryl methyl sites for hydroxylation is 2. The fourth-order valence-electron chi connectivity index (χ4n) is 2.78. The molecule has 1 atom stereocenters. The fourth-order valence-corrected chi connectivity index (χ4v) is 2.78. The number of nitrogens with zero attached hydrogens (tertiary/aromatic N) is 2. The highest BCUT2D eigenvalue weighted by molar-refractivity contribution is 5.93. The van der Waals surface area contributed by atoms with Crippen molar-refractivity contribution in [2.75, 3.05) is 12.4 Å². The first kappa shape index (κ1) is 16.4. The molecule has 1 aromatic rings. The van der Waals surface area contributed by atoms with E-state index in [1.54, 1.807) is 7.05 Å². The lowest BCUT2D eigenvalue weighted by Gasteiger charge is -2.29. The number of methoxy groups -OCH3 is 1. The van der Waals surface area contributed by atoms with Gasteiger partial charge in [-0.15, -0.1) is 0 Å². The van der Waals surface area contributed by atoms with Crippen molar-refractivity contribution in [2.24, 2.45) is 7.05 Å². The summed E-state index contributed by atoms with van der Waals surface area (Å²) in [5.41, 5.74) is 0.0900. The molecule has 5 nitrogen and oxygen atoms in total. The summed E-state index contributed by atoms with van der Waals surface area (Å²) in [6, 6.07) is 0. The summed E-state index contributed by atoms with van der Waals surface area (Å²) in [5.74, 6) is -2.73. The lowest BCUT2D eigenvalue weighted by Crippen LogP contribution is -2.33. The van der Waals surface area contributed by atoms with Crippen LogP contribution in [0.1, 0.15) is 37.4 Å². The van der Waals surface area contributed by atoms with E-state index in [2.05, 4.69) is 15.2 Å². The standard InChI is InChI=1S/C14H18F3N3O2/c1-5-6-8-10-11(14(15,16)17)9(13(21)22-4)7(2)18-12(10)20(3)19-8/h11,18H,5-6H2,1-4H3. The number of hydrogen-bond acceptors (Lipinski definition) is 4. The van der Waals surface area contributed by atoms with Crippen molar-refractivity contribution < 1.29 is 22.7 Å². The van der Waals surface area contributed by atoms with Gasteiger partial charge < -0.3 is 10.1 Å². The van der Waals surface area contributed by atoms with Crippen LogP contribution in [-0.4, -0.2) is 29.0 Å². The first-order valence-electron chi connectivity index (χ1n) is 6.90. The fraction of sp³-hybridized carbons (Fsp3) is 0.571. The molecule has 122 valence electrons. The number of hydrogen-bond donors (Lipinski definition) is 1. The minimum absolute atomic E-state index is 0.0165. The number of nitrogens with one attached hydrogen (secondary N) is 1. The molecular weight excluding hydrogens is 299 g/mol. The average molecular weight is 317 g/mol. The first-order chi connectivity index (χ1) is 10.2. The Kier molecular flexibility index (Phi) is 4.21. The lowest BCUT2D eigenvalue weighted by molar-refractivity contribution is -0.153. The van der Waals surface area contributed by atoms with E-state index in [1.165, 1.54) is 11.6 Å². The van der Waals surface area contributed by atoms with Crippen LogP contribution < -0.4 is 5.32 Å². The van der Waals surface area contributed by atoms with Crippen LogP contribution in [0.4, 0.5) is 19.0 Å². The number of carbonyl (C=O) groups excluding carboxylic acids is 1. The summed E-state index contributed by atoms with van der Waals surface area (Å²) in [4.78, 5) is 11.9. The Labute approximate surface area is 126 Å². The molecule has 0 radical (unpaired) electrons. The Balaban J connectivity index is 2.70. The summed E-state index contributed by atoms with van der Waals surface area (Å²) in [6.07, 6.45) is -3.54. The van der Waals surface area contributed by atoms with Gasteiger partial charge in [0.05, 0.1) is 18.4 Å². The molecule has 1 N–H and O–H groups in total. The van der Waals surface area contributed by atoms with Gasteiger partial charge in [0.1, 0.15) is 11.7 Å². The van der Waals surface area contributed by atoms with Crippen LogP contribution in [0, 0.1) is 0 Å². The molecule has 0 saturated carbocycles. The largest absolute Gasteiger partial charge is 0.466 e. The molecule has 0 fully saturated rings. The number of fused-ring (bicyclic) bond motifs is 1. The SMILES string of the molecule is CCCc1nn(C)c2c1C(C(F)(F)F)C(C(=O)OC)=C(C)N2. The molecule has 1 aliphatic rings. The predicted octanol–water partition coefficient (Wildman–Crippen LogP) is 2.89. The lowest BCUT2D eigenvalue weighted by atomic mass is 9.85. The Bertz CT molecular complexity index is 632. The van der Waals surface area contributed by atoms with E-state index in [0.717, 1.165) is 7.11 Å². The van der Waals surface area contributed by atoms with Gasteiger partial charge in [-0.3, -0.25) is 4.68 Å². The molecule has 0 aliphatic carbocycles. The molecule has 1 aliphatic heterocycles. The molecule has 0 aromatic carbocycles. The molecule has 2 heterocycles. The van der Waals surface area contributed by atoms with Gasteiger partial charge in [0.25, 0.3) is 0 Å². The number of rotatable bonds is 3. The topological polar surface area (TPSA) is 56.2 Å². The number of ether oxygens (including phenoxy) is 1. The van der Waals surface area contributed by atoms with Gasteiger partial charge in [0, 0.05) is 18.3 Å². The van der Waals surface area contributed by atoms with E-state index in [9.17, 15) is 18.0 Å². The van der Waals surface area contributed by atoms with Gasteiger partial charge in [-0.1, -0.05) is 13.3 Å². The number of esters is 1. The number of alkyl halides is 3. The molecule has 1 aromatic heterocycles. The highest BCUT2D eigenvalue weighted by Gasteiger charge is 2.51.